The maximum Gasteiger partial charge on any atom is 0.241 e. The topological polar surface area (TPSA) is 88.8 Å². The van der Waals surface area contributed by atoms with Crippen LogP contribution in [0.15, 0.2) is 30.3 Å². The van der Waals surface area contributed by atoms with Gasteiger partial charge in [-0.15, -0.1) is 5.10 Å². The van der Waals surface area contributed by atoms with E-state index in [-0.39, 0.29) is 12.5 Å². The number of amides is 1. The summed E-state index contributed by atoms with van der Waals surface area (Å²) in [6.45, 7) is 6.70. The zero-order chi connectivity index (χ0) is 19.5. The summed E-state index contributed by atoms with van der Waals surface area (Å²) in [7, 11) is 0. The molecule has 8 heteroatoms. The van der Waals surface area contributed by atoms with Crippen molar-refractivity contribution in [2.45, 2.75) is 33.2 Å². The molecule has 3 heterocycles. The molecule has 1 saturated heterocycles. The highest BCUT2D eigenvalue weighted by atomic mass is 16.2. The summed E-state index contributed by atoms with van der Waals surface area (Å²) in [5.74, 6) is 1.26. The van der Waals surface area contributed by atoms with Gasteiger partial charge in [0.1, 0.15) is 12.1 Å². The van der Waals surface area contributed by atoms with Crippen LogP contribution in [0.5, 0.6) is 0 Å². The number of rotatable bonds is 5. The number of aryl methyl sites for hydroxylation is 2. The summed E-state index contributed by atoms with van der Waals surface area (Å²) in [4.78, 5) is 23.7. The van der Waals surface area contributed by atoms with E-state index in [1.807, 2.05) is 44.2 Å². The Balaban J connectivity index is 1.26. The number of hydrogen-bond acceptors (Lipinski definition) is 6. The summed E-state index contributed by atoms with van der Waals surface area (Å²) in [5, 5.41) is 11.2. The zero-order valence-corrected chi connectivity index (χ0v) is 16.3. The van der Waals surface area contributed by atoms with Gasteiger partial charge in [-0.25, -0.2) is 14.6 Å². The van der Waals surface area contributed by atoms with Crippen molar-refractivity contribution in [2.24, 2.45) is 5.92 Å². The van der Waals surface area contributed by atoms with Crippen LogP contribution in [-0.4, -0.2) is 50.5 Å². The smallest absolute Gasteiger partial charge is 0.241 e. The van der Waals surface area contributed by atoms with Gasteiger partial charge in [0.25, 0.3) is 0 Å². The van der Waals surface area contributed by atoms with Crippen LogP contribution in [0, 0.1) is 19.8 Å². The Morgan fingerprint density at radius 2 is 1.86 bits per heavy atom. The highest BCUT2D eigenvalue weighted by Crippen LogP contribution is 2.20. The number of fused-ring (bicyclic) bond motifs is 1. The van der Waals surface area contributed by atoms with E-state index in [1.54, 1.807) is 4.68 Å². The van der Waals surface area contributed by atoms with Gasteiger partial charge in [-0.05, 0) is 50.8 Å². The first-order valence-electron chi connectivity index (χ1n) is 9.70. The lowest BCUT2D eigenvalue weighted by molar-refractivity contribution is -0.122. The van der Waals surface area contributed by atoms with Crippen molar-refractivity contribution in [3.63, 3.8) is 0 Å². The number of nitrogens with one attached hydrogen (secondary N) is 1. The van der Waals surface area contributed by atoms with Crippen molar-refractivity contribution in [3.05, 3.63) is 41.7 Å². The summed E-state index contributed by atoms with van der Waals surface area (Å²) in [6, 6.07) is 9.64. The van der Waals surface area contributed by atoms with Crippen LogP contribution in [0.1, 0.15) is 24.2 Å². The number of nitrogens with zero attached hydrogens (tertiary/aromatic N) is 6. The molecule has 0 aliphatic carbocycles. The molecule has 1 N–H and O–H groups in total. The van der Waals surface area contributed by atoms with E-state index in [9.17, 15) is 4.79 Å². The average molecular weight is 379 g/mol. The first-order valence-corrected chi connectivity index (χ1v) is 9.70. The molecule has 1 amide bonds. The van der Waals surface area contributed by atoms with Crippen molar-refractivity contribution in [2.75, 3.05) is 24.5 Å². The quantitative estimate of drug-likeness (QED) is 0.728. The lowest BCUT2D eigenvalue weighted by Gasteiger charge is -2.32. The number of benzene rings is 1. The van der Waals surface area contributed by atoms with E-state index in [4.69, 9.17) is 0 Å². The van der Waals surface area contributed by atoms with E-state index in [0.29, 0.717) is 12.5 Å². The molecule has 3 aromatic rings. The molecule has 2 aromatic heterocycles. The Labute approximate surface area is 164 Å². The average Bonchev–Trinajstić information content (AvgIpc) is 3.09. The minimum absolute atomic E-state index is 0.0317. The first kappa shape index (κ1) is 18.3. The van der Waals surface area contributed by atoms with Gasteiger partial charge in [-0.3, -0.25) is 4.79 Å². The number of para-hydroxylation sites is 1. The minimum atomic E-state index is -0.0317. The minimum Gasteiger partial charge on any atom is -0.354 e. The molecule has 4 rings (SSSR count). The van der Waals surface area contributed by atoms with Crippen LogP contribution < -0.4 is 10.2 Å². The van der Waals surface area contributed by atoms with Crippen molar-refractivity contribution in [1.82, 2.24) is 30.3 Å². The maximum atomic E-state index is 12.3. The predicted octanol–water partition coefficient (Wildman–Crippen LogP) is 1.87. The fourth-order valence-electron chi connectivity index (χ4n) is 3.67. The van der Waals surface area contributed by atoms with Crippen LogP contribution in [0.4, 0.5) is 5.95 Å². The number of piperidine rings is 1. The SMILES string of the molecule is Cc1cc(C)nc(N2CCC(CNC(=O)Cn3nnc4ccccc43)CC2)n1. The number of aromatic nitrogens is 5. The van der Waals surface area contributed by atoms with E-state index in [0.717, 1.165) is 54.3 Å². The van der Waals surface area contributed by atoms with Crippen molar-refractivity contribution < 1.29 is 4.79 Å². The highest BCUT2D eigenvalue weighted by Gasteiger charge is 2.22. The van der Waals surface area contributed by atoms with Crippen molar-refractivity contribution >= 4 is 22.9 Å². The Bertz CT molecular complexity index is 955. The molecule has 1 fully saturated rings. The number of anilines is 1. The van der Waals surface area contributed by atoms with Crippen LogP contribution in [0.2, 0.25) is 0 Å². The number of carbonyl (C=O) groups excluding carboxylic acids is 1. The molecule has 1 aliphatic rings. The number of carbonyl (C=O) groups is 1. The molecule has 0 saturated carbocycles. The molecule has 8 nitrogen and oxygen atoms in total. The van der Waals surface area contributed by atoms with Gasteiger partial charge in [0.15, 0.2) is 0 Å². The Morgan fingerprint density at radius 1 is 1.14 bits per heavy atom. The van der Waals surface area contributed by atoms with Crippen molar-refractivity contribution in [3.8, 4) is 0 Å². The summed E-state index contributed by atoms with van der Waals surface area (Å²) < 4.78 is 1.64. The van der Waals surface area contributed by atoms with Gasteiger partial charge >= 0.3 is 0 Å². The zero-order valence-electron chi connectivity index (χ0n) is 16.3. The molecule has 28 heavy (non-hydrogen) atoms. The molecule has 146 valence electrons. The standard InChI is InChI=1S/C20H25N7O/c1-14-11-15(2)23-20(22-14)26-9-7-16(8-10-26)12-21-19(28)13-27-18-6-4-3-5-17(18)24-25-27/h3-6,11,16H,7-10,12-13H2,1-2H3,(H,21,28). The molecule has 0 unspecified atom stereocenters. The molecule has 0 atom stereocenters. The van der Waals surface area contributed by atoms with Crippen molar-refractivity contribution in [1.29, 1.82) is 0 Å². The third-order valence-electron chi connectivity index (χ3n) is 5.17. The normalized spacial score (nSPS) is 15.1. The largest absolute Gasteiger partial charge is 0.354 e. The molecule has 0 radical (unpaired) electrons. The van der Waals surface area contributed by atoms with E-state index >= 15 is 0 Å². The maximum absolute atomic E-state index is 12.3. The van der Waals surface area contributed by atoms with Crippen LogP contribution in [0.25, 0.3) is 11.0 Å². The van der Waals surface area contributed by atoms with Gasteiger partial charge in [0.2, 0.25) is 11.9 Å². The second-order valence-corrected chi connectivity index (χ2v) is 7.42. The lowest BCUT2D eigenvalue weighted by atomic mass is 9.97. The predicted molar refractivity (Wildman–Crippen MR) is 107 cm³/mol. The van der Waals surface area contributed by atoms with Gasteiger partial charge in [0, 0.05) is 31.0 Å². The molecule has 1 aromatic carbocycles. The van der Waals surface area contributed by atoms with Gasteiger partial charge < -0.3 is 10.2 Å². The van der Waals surface area contributed by atoms with Gasteiger partial charge in [-0.2, -0.15) is 0 Å². The highest BCUT2D eigenvalue weighted by molar-refractivity contribution is 5.79. The fourth-order valence-corrected chi connectivity index (χ4v) is 3.67. The van der Waals surface area contributed by atoms with Crippen LogP contribution in [0.3, 0.4) is 0 Å². The third kappa shape index (κ3) is 4.11. The Morgan fingerprint density at radius 3 is 2.61 bits per heavy atom. The van der Waals surface area contributed by atoms with Crippen LogP contribution in [-0.2, 0) is 11.3 Å². The first-order chi connectivity index (χ1) is 13.6. The Kier molecular flexibility index (Phi) is 5.18. The summed E-state index contributed by atoms with van der Waals surface area (Å²) in [6.07, 6.45) is 2.03. The third-order valence-corrected chi connectivity index (χ3v) is 5.17. The summed E-state index contributed by atoms with van der Waals surface area (Å²) >= 11 is 0. The lowest BCUT2D eigenvalue weighted by Crippen LogP contribution is -2.40. The molecule has 1 aliphatic heterocycles. The molecule has 0 bridgehead atoms. The van der Waals surface area contributed by atoms with E-state index < -0.39 is 0 Å². The van der Waals surface area contributed by atoms with E-state index in [2.05, 4.69) is 30.5 Å². The Hall–Kier alpha value is -3.03. The fraction of sp³-hybridized carbons (Fsp3) is 0.450. The summed E-state index contributed by atoms with van der Waals surface area (Å²) in [5.41, 5.74) is 3.67. The monoisotopic (exact) mass is 379 g/mol. The second kappa shape index (κ2) is 7.92. The van der Waals surface area contributed by atoms with E-state index in [1.165, 1.54) is 0 Å². The van der Waals surface area contributed by atoms with Gasteiger partial charge in [-0.1, -0.05) is 17.3 Å². The van der Waals surface area contributed by atoms with Gasteiger partial charge in [0.05, 0.1) is 5.52 Å². The van der Waals surface area contributed by atoms with Crippen LogP contribution >= 0.6 is 0 Å². The number of hydrogen-bond donors (Lipinski definition) is 1. The second-order valence-electron chi connectivity index (χ2n) is 7.42. The molecule has 0 spiro atoms. The molecular weight excluding hydrogens is 354 g/mol. The molecular formula is C20H25N7O.